The Morgan fingerprint density at radius 2 is 1.62 bits per heavy atom. The topological polar surface area (TPSA) is 73.9 Å². The highest BCUT2D eigenvalue weighted by atomic mass is 19.4. The third kappa shape index (κ3) is 6.13. The number of ether oxygens (including phenoxy) is 1. The normalized spacial score (nSPS) is 14.7. The lowest BCUT2D eigenvalue weighted by atomic mass is 10.2. The Labute approximate surface area is 184 Å². The van der Waals surface area contributed by atoms with Crippen molar-refractivity contribution in [3.05, 3.63) is 54.1 Å². The van der Waals surface area contributed by atoms with Gasteiger partial charge in [0.05, 0.1) is 18.4 Å². The Balaban J connectivity index is 1.39. The maximum absolute atomic E-state index is 12.6. The molecule has 0 aliphatic carbocycles. The van der Waals surface area contributed by atoms with Crippen LogP contribution in [0, 0.1) is 0 Å². The molecule has 10 heteroatoms. The highest BCUT2D eigenvalue weighted by Gasteiger charge is 2.30. The maximum atomic E-state index is 12.6. The number of nitrogens with zero attached hydrogens (tertiary/aromatic N) is 2. The molecule has 0 spiro atoms. The van der Waals surface area contributed by atoms with Crippen molar-refractivity contribution in [2.75, 3.05) is 56.6 Å². The van der Waals surface area contributed by atoms with Crippen molar-refractivity contribution in [1.82, 2.24) is 10.2 Å². The van der Waals surface area contributed by atoms with E-state index in [1.54, 1.807) is 7.11 Å². The molecule has 0 unspecified atom stereocenters. The van der Waals surface area contributed by atoms with E-state index in [0.717, 1.165) is 61.9 Å². The molecule has 1 fully saturated rings. The number of nitrogens with one attached hydrogen (secondary N) is 2. The molecule has 1 saturated heterocycles. The van der Waals surface area contributed by atoms with Gasteiger partial charge >= 0.3 is 18.0 Å². The van der Waals surface area contributed by atoms with Crippen LogP contribution in [-0.2, 0) is 15.8 Å². The number of amides is 2. The molecule has 2 aromatic carbocycles. The van der Waals surface area contributed by atoms with E-state index in [9.17, 15) is 22.8 Å². The fourth-order valence-electron chi connectivity index (χ4n) is 3.44. The number of methoxy groups -OCH3 is 1. The summed E-state index contributed by atoms with van der Waals surface area (Å²) < 4.78 is 43.2. The van der Waals surface area contributed by atoms with Gasteiger partial charge in [-0.15, -0.1) is 0 Å². The van der Waals surface area contributed by atoms with Gasteiger partial charge in [-0.05, 0) is 36.4 Å². The standard InChI is InChI=1S/C22H25F3N4O3/c1-32-19-5-3-2-4-18(19)29-14-12-28(13-15-29)11-10-26-20(30)21(31)27-17-8-6-16(7-9-17)22(23,24)25/h2-9H,10-15H2,1H3,(H,26,30)(H,27,31). The van der Waals surface area contributed by atoms with Gasteiger partial charge in [0.2, 0.25) is 0 Å². The Morgan fingerprint density at radius 1 is 0.969 bits per heavy atom. The molecule has 2 N–H and O–H groups in total. The summed E-state index contributed by atoms with van der Waals surface area (Å²) in [6, 6.07) is 11.7. The SMILES string of the molecule is COc1ccccc1N1CCN(CCNC(=O)C(=O)Nc2ccc(C(F)(F)F)cc2)CC1. The fourth-order valence-corrected chi connectivity index (χ4v) is 3.44. The quantitative estimate of drug-likeness (QED) is 0.662. The zero-order valence-corrected chi connectivity index (χ0v) is 17.6. The Kier molecular flexibility index (Phi) is 7.57. The second-order valence-electron chi connectivity index (χ2n) is 7.29. The molecule has 1 aliphatic rings. The Bertz CT molecular complexity index is 927. The molecule has 1 heterocycles. The molecule has 32 heavy (non-hydrogen) atoms. The van der Waals surface area contributed by atoms with Crippen LogP contribution in [0.3, 0.4) is 0 Å². The number of hydrogen-bond acceptors (Lipinski definition) is 5. The summed E-state index contributed by atoms with van der Waals surface area (Å²) in [4.78, 5) is 28.4. The minimum Gasteiger partial charge on any atom is -0.495 e. The second kappa shape index (κ2) is 10.4. The number of anilines is 2. The third-order valence-corrected chi connectivity index (χ3v) is 5.19. The first-order valence-electron chi connectivity index (χ1n) is 10.1. The van der Waals surface area contributed by atoms with E-state index in [-0.39, 0.29) is 12.2 Å². The van der Waals surface area contributed by atoms with Gasteiger partial charge in [0.25, 0.3) is 0 Å². The van der Waals surface area contributed by atoms with Crippen LogP contribution in [0.2, 0.25) is 0 Å². The monoisotopic (exact) mass is 450 g/mol. The van der Waals surface area contributed by atoms with Gasteiger partial charge in [-0.25, -0.2) is 0 Å². The Morgan fingerprint density at radius 3 is 2.25 bits per heavy atom. The minimum absolute atomic E-state index is 0.116. The molecule has 7 nitrogen and oxygen atoms in total. The third-order valence-electron chi connectivity index (χ3n) is 5.19. The van der Waals surface area contributed by atoms with E-state index < -0.39 is 23.6 Å². The smallest absolute Gasteiger partial charge is 0.416 e. The first-order chi connectivity index (χ1) is 15.3. The van der Waals surface area contributed by atoms with Crippen LogP contribution in [-0.4, -0.2) is 63.1 Å². The summed E-state index contributed by atoms with van der Waals surface area (Å²) in [5.41, 5.74) is 0.333. The predicted octanol–water partition coefficient (Wildman–Crippen LogP) is 2.59. The first-order valence-corrected chi connectivity index (χ1v) is 10.1. The Hall–Kier alpha value is -3.27. The second-order valence-corrected chi connectivity index (χ2v) is 7.29. The van der Waals surface area contributed by atoms with Crippen molar-refractivity contribution in [2.24, 2.45) is 0 Å². The van der Waals surface area contributed by atoms with Gasteiger partial charge in [0, 0.05) is 45.0 Å². The van der Waals surface area contributed by atoms with Crippen LogP contribution in [0.1, 0.15) is 5.56 Å². The molecule has 0 atom stereocenters. The van der Waals surface area contributed by atoms with Crippen molar-refractivity contribution >= 4 is 23.2 Å². The number of benzene rings is 2. The number of para-hydroxylation sites is 2. The van der Waals surface area contributed by atoms with Gasteiger partial charge in [-0.2, -0.15) is 13.2 Å². The van der Waals surface area contributed by atoms with Gasteiger partial charge in [-0.1, -0.05) is 12.1 Å². The molecule has 0 radical (unpaired) electrons. The van der Waals surface area contributed by atoms with Crippen molar-refractivity contribution in [3.8, 4) is 5.75 Å². The van der Waals surface area contributed by atoms with Gasteiger partial charge < -0.3 is 20.3 Å². The largest absolute Gasteiger partial charge is 0.495 e. The number of carbonyl (C=O) groups is 2. The van der Waals surface area contributed by atoms with Crippen molar-refractivity contribution in [1.29, 1.82) is 0 Å². The lowest BCUT2D eigenvalue weighted by molar-refractivity contribution is -0.137. The summed E-state index contributed by atoms with van der Waals surface area (Å²) in [6.45, 7) is 4.08. The van der Waals surface area contributed by atoms with Crippen LogP contribution in [0.15, 0.2) is 48.5 Å². The van der Waals surface area contributed by atoms with E-state index in [1.807, 2.05) is 24.3 Å². The number of rotatable bonds is 6. The van der Waals surface area contributed by atoms with E-state index >= 15 is 0 Å². The lowest BCUT2D eigenvalue weighted by Crippen LogP contribution is -2.49. The van der Waals surface area contributed by atoms with Gasteiger partial charge in [0.1, 0.15) is 5.75 Å². The highest BCUT2D eigenvalue weighted by Crippen LogP contribution is 2.30. The minimum atomic E-state index is -4.46. The fraction of sp³-hybridized carbons (Fsp3) is 0.364. The molecule has 0 aromatic heterocycles. The molecule has 1 aliphatic heterocycles. The first kappa shape index (κ1) is 23.4. The summed E-state index contributed by atoms with van der Waals surface area (Å²) in [5, 5.41) is 4.83. The van der Waals surface area contributed by atoms with E-state index in [4.69, 9.17) is 4.74 Å². The van der Waals surface area contributed by atoms with Crippen LogP contribution in [0.4, 0.5) is 24.5 Å². The van der Waals surface area contributed by atoms with Crippen molar-refractivity contribution in [3.63, 3.8) is 0 Å². The number of hydrogen-bond donors (Lipinski definition) is 2. The van der Waals surface area contributed by atoms with Crippen LogP contribution >= 0.6 is 0 Å². The van der Waals surface area contributed by atoms with Crippen molar-refractivity contribution in [2.45, 2.75) is 6.18 Å². The molecular formula is C22H25F3N4O3. The summed E-state index contributed by atoms with van der Waals surface area (Å²) in [7, 11) is 1.64. The maximum Gasteiger partial charge on any atom is 0.416 e. The van der Waals surface area contributed by atoms with Crippen molar-refractivity contribution < 1.29 is 27.5 Å². The molecule has 0 bridgehead atoms. The number of halogens is 3. The number of piperazine rings is 1. The van der Waals surface area contributed by atoms with Gasteiger partial charge in [0.15, 0.2) is 0 Å². The number of alkyl halides is 3. The molecule has 172 valence electrons. The van der Waals surface area contributed by atoms with Crippen LogP contribution in [0.25, 0.3) is 0 Å². The predicted molar refractivity (Wildman–Crippen MR) is 115 cm³/mol. The van der Waals surface area contributed by atoms with Crippen LogP contribution in [0.5, 0.6) is 5.75 Å². The average molecular weight is 450 g/mol. The molecule has 2 amide bonds. The molecule has 0 saturated carbocycles. The molecule has 3 rings (SSSR count). The summed E-state index contributed by atoms with van der Waals surface area (Å²) >= 11 is 0. The zero-order valence-electron chi connectivity index (χ0n) is 17.6. The van der Waals surface area contributed by atoms with Gasteiger partial charge in [-0.3, -0.25) is 14.5 Å². The molecule has 2 aromatic rings. The lowest BCUT2D eigenvalue weighted by Gasteiger charge is -2.36. The average Bonchev–Trinajstić information content (AvgIpc) is 2.79. The summed E-state index contributed by atoms with van der Waals surface area (Å²) in [5.74, 6) is -0.935. The van der Waals surface area contributed by atoms with E-state index in [0.29, 0.717) is 6.54 Å². The molecular weight excluding hydrogens is 425 g/mol. The summed E-state index contributed by atoms with van der Waals surface area (Å²) in [6.07, 6.45) is -4.46. The van der Waals surface area contributed by atoms with E-state index in [2.05, 4.69) is 20.4 Å². The zero-order chi connectivity index (χ0) is 23.1. The highest BCUT2D eigenvalue weighted by molar-refractivity contribution is 6.39. The van der Waals surface area contributed by atoms with E-state index in [1.165, 1.54) is 0 Å². The van der Waals surface area contributed by atoms with Crippen LogP contribution < -0.4 is 20.3 Å². The number of carbonyl (C=O) groups excluding carboxylic acids is 2.